The highest BCUT2D eigenvalue weighted by atomic mass is 16.1. The lowest BCUT2D eigenvalue weighted by atomic mass is 9.85. The van der Waals surface area contributed by atoms with Crippen molar-refractivity contribution in [2.45, 2.75) is 13.5 Å². The lowest BCUT2D eigenvalue weighted by Gasteiger charge is -2.21. The van der Waals surface area contributed by atoms with Crippen LogP contribution in [0.15, 0.2) is 33.9 Å². The van der Waals surface area contributed by atoms with E-state index in [2.05, 4.69) is 35.8 Å². The van der Waals surface area contributed by atoms with Crippen LogP contribution in [-0.4, -0.2) is 4.57 Å². The molecule has 0 aliphatic heterocycles. The third-order valence-corrected chi connectivity index (χ3v) is 24.0. The Bertz CT molecular complexity index is 7950. The smallest absolute Gasteiger partial charge is 0.259 e. The molecule has 0 bridgehead atoms. The molecule has 3 heteroatoms. The van der Waals surface area contributed by atoms with Gasteiger partial charge in [0.15, 0.2) is 5.43 Å². The van der Waals surface area contributed by atoms with E-state index >= 15 is 9.59 Å². The summed E-state index contributed by atoms with van der Waals surface area (Å²) in [6.07, 6.45) is 0. The van der Waals surface area contributed by atoms with E-state index in [1.165, 1.54) is 264 Å². The Balaban J connectivity index is 1.23. The van der Waals surface area contributed by atoms with E-state index in [1.54, 1.807) is 21.5 Å². The second-order valence-electron chi connectivity index (χ2n) is 24.9. The topological polar surface area (TPSA) is 39.1 Å². The van der Waals surface area contributed by atoms with Crippen LogP contribution in [0.2, 0.25) is 0 Å². The fraction of sp³-hybridized carbons (Fsp3) is 0.0294. The Morgan fingerprint density at radius 1 is 0.254 bits per heavy atom. The minimum absolute atomic E-state index is 0.112. The predicted octanol–water partition coefficient (Wildman–Crippen LogP) is 17.6. The highest BCUT2D eigenvalue weighted by Gasteiger charge is 2.50. The molecule has 1 aromatic heterocycles. The van der Waals surface area contributed by atoms with E-state index in [9.17, 15) is 0 Å². The molecule has 0 saturated heterocycles. The molecule has 0 spiro atoms. The average Bonchev–Trinajstić information content (AvgIpc) is 4.43. The van der Waals surface area contributed by atoms with Crippen molar-refractivity contribution in [3.63, 3.8) is 0 Å². The number of hydrogen-bond acceptors (Lipinski definition) is 2. The Morgan fingerprint density at radius 2 is 0.451 bits per heavy atom. The minimum Gasteiger partial charge on any atom is -0.303 e. The van der Waals surface area contributed by atoms with Crippen molar-refractivity contribution < 1.29 is 0 Å². The number of benzene rings is 19. The number of fused-ring (bicyclic) bond motifs is 6. The predicted molar refractivity (Wildman–Crippen MR) is 302 cm³/mol. The van der Waals surface area contributed by atoms with E-state index in [4.69, 9.17) is 0 Å². The van der Waals surface area contributed by atoms with Crippen LogP contribution in [0.1, 0.15) is 11.1 Å². The molecule has 0 unspecified atom stereocenters. The van der Waals surface area contributed by atoms with Gasteiger partial charge in [-0.3, -0.25) is 9.59 Å². The molecule has 31 aromatic rings. The summed E-state index contributed by atoms with van der Waals surface area (Å²) >= 11 is 0. The molecule has 0 saturated carbocycles. The van der Waals surface area contributed by atoms with Gasteiger partial charge in [-0.2, -0.15) is 0 Å². The molecule has 0 N–H and O–H groups in total. The van der Waals surface area contributed by atoms with Gasteiger partial charge in [0.1, 0.15) is 0 Å². The van der Waals surface area contributed by atoms with Gasteiger partial charge in [-0.05, 0) is 18.1 Å². The first-order valence-corrected chi connectivity index (χ1v) is 25.9. The second-order valence-corrected chi connectivity index (χ2v) is 24.9. The molecule has 3 nitrogen and oxygen atoms in total. The van der Waals surface area contributed by atoms with Gasteiger partial charge in [-0.1, -0.05) is 24.3 Å². The van der Waals surface area contributed by atoms with Crippen molar-refractivity contribution in [1.29, 1.82) is 0 Å². The summed E-state index contributed by atoms with van der Waals surface area (Å²) in [4.78, 5) is 34.3. The number of pyridine rings is 1. The summed E-state index contributed by atoms with van der Waals surface area (Å²) in [6.45, 7) is 2.69. The highest BCUT2D eigenvalue weighted by Crippen LogP contribution is 2.78. The monoisotopic (exact) mass is 871 g/mol. The Hall–Kier alpha value is -9.18. The molecular formula is C68H9NO2. The van der Waals surface area contributed by atoms with Crippen LogP contribution >= 0.6 is 0 Å². The average molecular weight is 872 g/mol. The number of nitrogens with zero attached hydrogens (tertiary/aromatic N) is 1. The fourth-order valence-electron chi connectivity index (χ4n) is 23.1. The number of aromatic nitrogens is 1. The van der Waals surface area contributed by atoms with Gasteiger partial charge in [0.25, 0.3) is 5.56 Å². The number of aryl methyl sites for hydroxylation is 1. The molecule has 0 amide bonds. The van der Waals surface area contributed by atoms with Crippen LogP contribution in [0.5, 0.6) is 0 Å². The molecule has 1 heterocycles. The lowest BCUT2D eigenvalue weighted by Crippen LogP contribution is -2.22. The van der Waals surface area contributed by atoms with Crippen LogP contribution in [0.25, 0.3) is 313 Å². The van der Waals surface area contributed by atoms with Crippen molar-refractivity contribution in [2.24, 2.45) is 0 Å². The first kappa shape index (κ1) is 27.1. The first-order valence-electron chi connectivity index (χ1n) is 25.9. The number of hydrogen-bond donors (Lipinski definition) is 0. The van der Waals surface area contributed by atoms with Gasteiger partial charge in [0.05, 0.1) is 17.4 Å². The fourth-order valence-corrected chi connectivity index (χ4v) is 23.1. The maximum Gasteiger partial charge on any atom is 0.259 e. The highest BCUT2D eigenvalue weighted by molar-refractivity contribution is 6.83. The lowest BCUT2D eigenvalue weighted by molar-refractivity contribution is 0.801. The van der Waals surface area contributed by atoms with Crippen molar-refractivity contribution in [1.82, 2.24) is 4.57 Å². The van der Waals surface area contributed by atoms with E-state index in [0.717, 1.165) is 37.8 Å². The van der Waals surface area contributed by atoms with Crippen molar-refractivity contribution in [2.75, 3.05) is 0 Å². The van der Waals surface area contributed by atoms with Gasteiger partial charge in [-0.15, -0.1) is 0 Å². The van der Waals surface area contributed by atoms with Gasteiger partial charge < -0.3 is 4.57 Å². The summed E-state index contributed by atoms with van der Waals surface area (Å²) < 4.78 is 2.28. The van der Waals surface area contributed by atoms with Crippen LogP contribution in [-0.2, 0) is 6.54 Å². The van der Waals surface area contributed by atoms with Crippen molar-refractivity contribution in [3.05, 3.63) is 56.0 Å². The summed E-state index contributed by atoms with van der Waals surface area (Å²) in [7, 11) is 0. The summed E-state index contributed by atoms with van der Waals surface area (Å²) in [6, 6.07) is 8.75. The van der Waals surface area contributed by atoms with E-state index in [0.29, 0.717) is 6.54 Å². The van der Waals surface area contributed by atoms with E-state index in [-0.39, 0.29) is 11.0 Å². The second kappa shape index (κ2) is 6.37. The maximum absolute atomic E-state index is 17.2. The zero-order chi connectivity index (χ0) is 42.9. The molecule has 0 aliphatic rings. The Labute approximate surface area is 384 Å². The zero-order valence-electron chi connectivity index (χ0n) is 36.3. The molecule has 0 fully saturated rings. The van der Waals surface area contributed by atoms with Crippen LogP contribution in [0, 0.1) is 6.92 Å². The standard InChI is InChI=1S/C68H9NO2/c1-7-4-2-3-5-8(7)6-69-66-61-53-45-34-25-17-15-9-10-12-14-13-11(9)18-19(15)27-31(25)42-47-37(27)36-26(18)29-22(13)30-23(14)32-28-21(12)24-16(10)20(17)33(34)38-35(24)44-39(28)51-43(32)49-41(30)48-40(29)46(36)55-56(47)64(59(61)50(42)45)67(70)63(55)57(48)58(49)65(68(69)71)60(51)62(66)54(44)52(38)53/h2-5H,6H2,1H3. The molecule has 30 aromatic carbocycles. The Morgan fingerprint density at radius 3 is 0.718 bits per heavy atom. The normalized spacial score (nSPS) is 16.7. The molecule has 0 aliphatic carbocycles. The van der Waals surface area contributed by atoms with Crippen LogP contribution in [0.4, 0.5) is 0 Å². The van der Waals surface area contributed by atoms with Gasteiger partial charge in [0, 0.05) is 302 Å². The Kier molecular flexibility index (Phi) is 2.43. The zero-order valence-corrected chi connectivity index (χ0v) is 36.3. The van der Waals surface area contributed by atoms with Gasteiger partial charge >= 0.3 is 0 Å². The summed E-state index contributed by atoms with van der Waals surface area (Å²) in [5.41, 5.74) is 3.76. The van der Waals surface area contributed by atoms with Crippen LogP contribution in [0.3, 0.4) is 0 Å². The molecular weight excluding hydrogens is 863 g/mol. The van der Waals surface area contributed by atoms with Gasteiger partial charge in [-0.25, -0.2) is 0 Å². The third-order valence-electron chi connectivity index (χ3n) is 24.0. The minimum atomic E-state index is 0.112. The number of rotatable bonds is 2. The third kappa shape index (κ3) is 1.57. The molecule has 0 radical (unpaired) electrons. The largest absolute Gasteiger partial charge is 0.303 e. The molecule has 0 atom stereocenters. The van der Waals surface area contributed by atoms with E-state index in [1.807, 2.05) is 0 Å². The molecule has 71 heavy (non-hydrogen) atoms. The SMILES string of the molecule is Cc1ccccc1Cn1c(=O)c2c3c4c5c(=O)c6c7c5c5c8c4c4c3c3c9c2c2c%10c%11c9c9c3c3c4c4c8c8c5c5c7c7c%12c6c(c6c%12c%12c%13c7c5c5c8c7c4c3c3c9c4c8c3c7c5c%13c8c%12c(c4%11)c6%10)c21. The summed E-state index contributed by atoms with van der Waals surface area (Å²) in [5, 5.41) is 79.0. The summed E-state index contributed by atoms with van der Waals surface area (Å²) in [5.74, 6) is 0. The molecule has 298 valence electrons. The molecule has 31 rings (SSSR count). The van der Waals surface area contributed by atoms with Crippen LogP contribution < -0.4 is 11.0 Å². The first-order chi connectivity index (χ1) is 35.2. The van der Waals surface area contributed by atoms with E-state index < -0.39 is 0 Å². The quantitative estimate of drug-likeness (QED) is 0.128. The van der Waals surface area contributed by atoms with Gasteiger partial charge in [0.2, 0.25) is 0 Å². The van der Waals surface area contributed by atoms with Crippen molar-refractivity contribution >= 4 is 313 Å². The maximum atomic E-state index is 17.2. The van der Waals surface area contributed by atoms with Crippen molar-refractivity contribution in [3.8, 4) is 0 Å².